The van der Waals surface area contributed by atoms with E-state index in [0.717, 1.165) is 5.56 Å². The van der Waals surface area contributed by atoms with Gasteiger partial charge in [0.2, 0.25) is 5.91 Å². The van der Waals surface area contributed by atoms with Crippen molar-refractivity contribution in [2.45, 2.75) is 20.8 Å². The molecule has 1 atom stereocenters. The van der Waals surface area contributed by atoms with Crippen molar-refractivity contribution in [2.75, 3.05) is 5.32 Å². The summed E-state index contributed by atoms with van der Waals surface area (Å²) in [5.41, 5.74) is 6.95. The first-order valence-corrected chi connectivity index (χ1v) is 6.29. The Bertz CT molecular complexity index is 480. The van der Waals surface area contributed by atoms with Crippen LogP contribution in [0.15, 0.2) is 23.4 Å². The van der Waals surface area contributed by atoms with Gasteiger partial charge in [0.05, 0.1) is 10.7 Å². The molecule has 0 aliphatic heterocycles. The first kappa shape index (κ1) is 15.3. The maximum absolute atomic E-state index is 12.2. The molecule has 0 bridgehead atoms. The molecule has 0 fully saturated rings. The van der Waals surface area contributed by atoms with E-state index < -0.39 is 5.92 Å². The predicted molar refractivity (Wildman–Crippen MR) is 76.6 cm³/mol. The van der Waals surface area contributed by atoms with Crippen LogP contribution in [0.25, 0.3) is 0 Å². The fraction of sp³-hybridized carbons (Fsp3) is 0.385. The van der Waals surface area contributed by atoms with Gasteiger partial charge >= 0.3 is 0 Å². The van der Waals surface area contributed by atoms with Crippen LogP contribution < -0.4 is 11.1 Å². The number of hydrogen-bond acceptors (Lipinski definition) is 3. The molecule has 6 heteroatoms. The normalized spacial score (nSPS) is 13.4. The molecule has 0 saturated heterocycles. The predicted octanol–water partition coefficient (Wildman–Crippen LogP) is 2.61. The Morgan fingerprint density at radius 1 is 1.47 bits per heavy atom. The summed E-state index contributed by atoms with van der Waals surface area (Å²) in [4.78, 5) is 12.2. The van der Waals surface area contributed by atoms with Crippen molar-refractivity contribution in [1.82, 2.24) is 0 Å². The third-order valence-electron chi connectivity index (χ3n) is 2.85. The van der Waals surface area contributed by atoms with Gasteiger partial charge in [0, 0.05) is 0 Å². The summed E-state index contributed by atoms with van der Waals surface area (Å²) in [6.45, 7) is 5.48. The fourth-order valence-electron chi connectivity index (χ4n) is 1.83. The highest BCUT2D eigenvalue weighted by atomic mass is 35.5. The van der Waals surface area contributed by atoms with Crippen LogP contribution in [0.2, 0.25) is 5.02 Å². The van der Waals surface area contributed by atoms with Gasteiger partial charge in [-0.2, -0.15) is 0 Å². The summed E-state index contributed by atoms with van der Waals surface area (Å²) in [6.07, 6.45) is 0. The minimum Gasteiger partial charge on any atom is -0.409 e. The number of benzene rings is 1. The molecular formula is C13H18ClN3O2. The summed E-state index contributed by atoms with van der Waals surface area (Å²) in [6, 6.07) is 5.34. The number of anilines is 1. The average molecular weight is 284 g/mol. The van der Waals surface area contributed by atoms with Crippen LogP contribution in [0.3, 0.4) is 0 Å². The van der Waals surface area contributed by atoms with Gasteiger partial charge in [-0.3, -0.25) is 4.79 Å². The number of nitrogens with zero attached hydrogens (tertiary/aromatic N) is 1. The van der Waals surface area contributed by atoms with Crippen molar-refractivity contribution in [2.24, 2.45) is 22.7 Å². The van der Waals surface area contributed by atoms with E-state index in [4.69, 9.17) is 22.5 Å². The molecule has 1 rings (SSSR count). The van der Waals surface area contributed by atoms with Gasteiger partial charge in [-0.15, -0.1) is 0 Å². The SMILES string of the molecule is Cc1cccc(Cl)c1NC(=O)C(C(N)=NO)C(C)C. The van der Waals surface area contributed by atoms with E-state index in [9.17, 15) is 4.79 Å². The highest BCUT2D eigenvalue weighted by Gasteiger charge is 2.27. The number of hydrogen-bond donors (Lipinski definition) is 3. The van der Waals surface area contributed by atoms with Crippen LogP contribution in [0.1, 0.15) is 19.4 Å². The summed E-state index contributed by atoms with van der Waals surface area (Å²) in [7, 11) is 0. The van der Waals surface area contributed by atoms with Gasteiger partial charge < -0.3 is 16.3 Å². The molecule has 0 aliphatic carbocycles. The number of halogens is 1. The summed E-state index contributed by atoms with van der Waals surface area (Å²) < 4.78 is 0. The van der Waals surface area contributed by atoms with Crippen molar-refractivity contribution in [3.8, 4) is 0 Å². The lowest BCUT2D eigenvalue weighted by atomic mass is 9.93. The largest absolute Gasteiger partial charge is 0.409 e. The van der Waals surface area contributed by atoms with Crippen molar-refractivity contribution in [1.29, 1.82) is 0 Å². The Labute approximate surface area is 117 Å². The Morgan fingerprint density at radius 3 is 2.58 bits per heavy atom. The van der Waals surface area contributed by atoms with Crippen LogP contribution in [-0.2, 0) is 4.79 Å². The summed E-state index contributed by atoms with van der Waals surface area (Å²) >= 11 is 6.05. The zero-order valence-electron chi connectivity index (χ0n) is 11.1. The van der Waals surface area contributed by atoms with Gasteiger partial charge in [0.15, 0.2) is 5.84 Å². The van der Waals surface area contributed by atoms with Crippen molar-refractivity contribution in [3.63, 3.8) is 0 Å². The quantitative estimate of drug-likeness (QED) is 0.343. The molecule has 0 heterocycles. The third kappa shape index (κ3) is 3.61. The lowest BCUT2D eigenvalue weighted by Gasteiger charge is -2.20. The van der Waals surface area contributed by atoms with E-state index in [1.54, 1.807) is 12.1 Å². The molecule has 0 aliphatic rings. The molecule has 0 spiro atoms. The molecule has 19 heavy (non-hydrogen) atoms. The zero-order chi connectivity index (χ0) is 14.6. The first-order valence-electron chi connectivity index (χ1n) is 5.91. The third-order valence-corrected chi connectivity index (χ3v) is 3.17. The highest BCUT2D eigenvalue weighted by Crippen LogP contribution is 2.26. The molecule has 104 valence electrons. The monoisotopic (exact) mass is 283 g/mol. The van der Waals surface area contributed by atoms with Crippen molar-refractivity contribution < 1.29 is 10.0 Å². The van der Waals surface area contributed by atoms with E-state index in [2.05, 4.69) is 10.5 Å². The summed E-state index contributed by atoms with van der Waals surface area (Å²) in [5.74, 6) is -1.27. The maximum atomic E-state index is 12.2. The fourth-order valence-corrected chi connectivity index (χ4v) is 2.10. The van der Waals surface area contributed by atoms with Crippen LogP contribution in [-0.4, -0.2) is 17.0 Å². The molecule has 1 unspecified atom stereocenters. The van der Waals surface area contributed by atoms with Gasteiger partial charge in [-0.1, -0.05) is 42.7 Å². The average Bonchev–Trinajstić information content (AvgIpc) is 2.33. The van der Waals surface area contributed by atoms with E-state index in [1.165, 1.54) is 0 Å². The number of nitrogens with two attached hydrogens (primary N) is 1. The molecule has 1 aromatic rings. The standard InChI is InChI=1S/C13H18ClN3O2/c1-7(2)10(12(15)17-19)13(18)16-11-8(3)5-4-6-9(11)14/h4-7,10,19H,1-3H3,(H2,15,17)(H,16,18). The second-order valence-electron chi connectivity index (χ2n) is 4.67. The second kappa shape index (κ2) is 6.43. The van der Waals surface area contributed by atoms with Gasteiger partial charge in [0.1, 0.15) is 5.92 Å². The Hall–Kier alpha value is -1.75. The number of amidine groups is 1. The zero-order valence-corrected chi connectivity index (χ0v) is 11.9. The van der Waals surface area contributed by atoms with Crippen LogP contribution >= 0.6 is 11.6 Å². The number of nitrogens with one attached hydrogen (secondary N) is 1. The smallest absolute Gasteiger partial charge is 0.235 e. The van der Waals surface area contributed by atoms with E-state index in [1.807, 2.05) is 26.8 Å². The number of para-hydroxylation sites is 1. The van der Waals surface area contributed by atoms with E-state index in [0.29, 0.717) is 10.7 Å². The molecule has 1 aromatic carbocycles. The molecule has 4 N–H and O–H groups in total. The number of carbonyl (C=O) groups excluding carboxylic acids is 1. The van der Waals surface area contributed by atoms with Gasteiger partial charge in [-0.05, 0) is 24.5 Å². The van der Waals surface area contributed by atoms with E-state index >= 15 is 0 Å². The van der Waals surface area contributed by atoms with Crippen LogP contribution in [0.4, 0.5) is 5.69 Å². The Balaban J connectivity index is 3.01. The number of oxime groups is 1. The molecule has 1 amide bonds. The number of aryl methyl sites for hydroxylation is 1. The van der Waals surface area contributed by atoms with Crippen LogP contribution in [0, 0.1) is 18.8 Å². The lowest BCUT2D eigenvalue weighted by Crippen LogP contribution is -2.38. The molecule has 5 nitrogen and oxygen atoms in total. The minimum atomic E-state index is -0.708. The van der Waals surface area contributed by atoms with E-state index in [-0.39, 0.29) is 17.7 Å². The molecular weight excluding hydrogens is 266 g/mol. The second-order valence-corrected chi connectivity index (χ2v) is 5.07. The van der Waals surface area contributed by atoms with Gasteiger partial charge in [-0.25, -0.2) is 0 Å². The number of amides is 1. The Morgan fingerprint density at radius 2 is 2.11 bits per heavy atom. The minimum absolute atomic E-state index is 0.0984. The number of rotatable bonds is 4. The van der Waals surface area contributed by atoms with Crippen molar-refractivity contribution >= 4 is 29.0 Å². The van der Waals surface area contributed by atoms with Crippen molar-refractivity contribution in [3.05, 3.63) is 28.8 Å². The van der Waals surface area contributed by atoms with Gasteiger partial charge in [0.25, 0.3) is 0 Å². The van der Waals surface area contributed by atoms with Crippen LogP contribution in [0.5, 0.6) is 0 Å². The number of carbonyl (C=O) groups is 1. The maximum Gasteiger partial charge on any atom is 0.235 e. The molecule has 0 saturated carbocycles. The molecule has 0 aromatic heterocycles. The highest BCUT2D eigenvalue weighted by molar-refractivity contribution is 6.34. The first-order chi connectivity index (χ1) is 8.88. The topological polar surface area (TPSA) is 87.7 Å². The molecule has 0 radical (unpaired) electrons. The Kier molecular flexibility index (Phi) is 5.18. The lowest BCUT2D eigenvalue weighted by molar-refractivity contribution is -0.119. The summed E-state index contributed by atoms with van der Waals surface area (Å²) in [5, 5.41) is 14.8.